The van der Waals surface area contributed by atoms with Gasteiger partial charge in [0.1, 0.15) is 0 Å². The lowest BCUT2D eigenvalue weighted by Crippen LogP contribution is -2.13. The summed E-state index contributed by atoms with van der Waals surface area (Å²) >= 11 is 0. The molecular formula is C19H26. The summed E-state index contributed by atoms with van der Waals surface area (Å²) < 4.78 is 0. The SMILES string of the molecule is [CH]=Cc1cc(C2CCC(CCC)CC2)[c]cc1CC. The van der Waals surface area contributed by atoms with Gasteiger partial charge in [-0.2, -0.15) is 0 Å². The van der Waals surface area contributed by atoms with E-state index in [4.69, 9.17) is 6.58 Å². The molecule has 0 bridgehead atoms. The highest BCUT2D eigenvalue weighted by Crippen LogP contribution is 2.37. The van der Waals surface area contributed by atoms with Crippen LogP contribution in [0.2, 0.25) is 0 Å². The molecule has 0 saturated heterocycles. The van der Waals surface area contributed by atoms with Gasteiger partial charge < -0.3 is 0 Å². The van der Waals surface area contributed by atoms with Gasteiger partial charge in [0.25, 0.3) is 0 Å². The van der Waals surface area contributed by atoms with E-state index in [1.165, 1.54) is 55.2 Å². The molecule has 0 heterocycles. The van der Waals surface area contributed by atoms with Gasteiger partial charge in [0.15, 0.2) is 0 Å². The Bertz CT molecular complexity index is 408. The zero-order valence-corrected chi connectivity index (χ0v) is 12.4. The van der Waals surface area contributed by atoms with Crippen LogP contribution in [0.4, 0.5) is 0 Å². The van der Waals surface area contributed by atoms with Crippen molar-refractivity contribution in [2.75, 3.05) is 0 Å². The van der Waals surface area contributed by atoms with Gasteiger partial charge in [0, 0.05) is 0 Å². The molecule has 1 aliphatic carbocycles. The fourth-order valence-corrected chi connectivity index (χ4v) is 3.42. The summed E-state index contributed by atoms with van der Waals surface area (Å²) in [7, 11) is 0. The first-order valence-electron chi connectivity index (χ1n) is 7.87. The average molecular weight is 254 g/mol. The molecule has 1 aromatic carbocycles. The van der Waals surface area contributed by atoms with Crippen molar-refractivity contribution in [3.05, 3.63) is 41.5 Å². The fraction of sp³-hybridized carbons (Fsp3) is 0.579. The summed E-state index contributed by atoms with van der Waals surface area (Å²) in [5.41, 5.74) is 3.89. The van der Waals surface area contributed by atoms with Gasteiger partial charge in [0.05, 0.1) is 0 Å². The van der Waals surface area contributed by atoms with Crippen LogP contribution in [0.1, 0.15) is 75.0 Å². The van der Waals surface area contributed by atoms with Gasteiger partial charge in [-0.3, -0.25) is 0 Å². The zero-order chi connectivity index (χ0) is 13.7. The predicted molar refractivity (Wildman–Crippen MR) is 83.0 cm³/mol. The van der Waals surface area contributed by atoms with E-state index in [0.29, 0.717) is 5.92 Å². The van der Waals surface area contributed by atoms with Crippen molar-refractivity contribution in [1.29, 1.82) is 0 Å². The van der Waals surface area contributed by atoms with Gasteiger partial charge >= 0.3 is 0 Å². The molecule has 0 nitrogen and oxygen atoms in total. The van der Waals surface area contributed by atoms with Crippen LogP contribution in [0.15, 0.2) is 12.1 Å². The Kier molecular flexibility index (Phi) is 5.24. The van der Waals surface area contributed by atoms with Gasteiger partial charge in [-0.25, -0.2) is 0 Å². The van der Waals surface area contributed by atoms with Crippen LogP contribution in [0.5, 0.6) is 0 Å². The topological polar surface area (TPSA) is 0 Å². The molecule has 0 N–H and O–H groups in total. The third kappa shape index (κ3) is 3.49. The van der Waals surface area contributed by atoms with E-state index in [0.717, 1.165) is 12.3 Å². The minimum absolute atomic E-state index is 0.706. The van der Waals surface area contributed by atoms with Gasteiger partial charge in [0.2, 0.25) is 0 Å². The van der Waals surface area contributed by atoms with E-state index in [9.17, 15) is 0 Å². The average Bonchev–Trinajstić information content (AvgIpc) is 2.47. The van der Waals surface area contributed by atoms with Crippen LogP contribution < -0.4 is 0 Å². The Morgan fingerprint density at radius 2 is 2.00 bits per heavy atom. The summed E-state index contributed by atoms with van der Waals surface area (Å²) in [5.74, 6) is 1.68. The molecular weight excluding hydrogens is 228 g/mol. The zero-order valence-electron chi connectivity index (χ0n) is 12.4. The van der Waals surface area contributed by atoms with Gasteiger partial charge in [-0.15, -0.1) is 0 Å². The van der Waals surface area contributed by atoms with E-state index in [-0.39, 0.29) is 0 Å². The Morgan fingerprint density at radius 1 is 1.26 bits per heavy atom. The highest BCUT2D eigenvalue weighted by atomic mass is 14.3. The highest BCUT2D eigenvalue weighted by Gasteiger charge is 2.22. The van der Waals surface area contributed by atoms with E-state index in [1.54, 1.807) is 6.08 Å². The normalized spacial score (nSPS) is 23.3. The maximum absolute atomic E-state index is 5.75. The molecule has 0 aliphatic heterocycles. The van der Waals surface area contributed by atoms with E-state index < -0.39 is 0 Å². The highest BCUT2D eigenvalue weighted by molar-refractivity contribution is 5.52. The van der Waals surface area contributed by atoms with Crippen LogP contribution >= 0.6 is 0 Å². The molecule has 1 fully saturated rings. The van der Waals surface area contributed by atoms with Crippen LogP contribution in [0.25, 0.3) is 6.08 Å². The van der Waals surface area contributed by atoms with E-state index >= 15 is 0 Å². The smallest absolute Gasteiger partial charge is 0.0143 e. The van der Waals surface area contributed by atoms with Crippen molar-refractivity contribution in [2.45, 2.75) is 64.7 Å². The molecule has 1 aliphatic rings. The maximum atomic E-state index is 5.75. The summed E-state index contributed by atoms with van der Waals surface area (Å²) in [4.78, 5) is 0. The maximum Gasteiger partial charge on any atom is -0.0143 e. The molecule has 0 spiro atoms. The Morgan fingerprint density at radius 3 is 2.58 bits per heavy atom. The fourth-order valence-electron chi connectivity index (χ4n) is 3.42. The molecule has 0 atom stereocenters. The predicted octanol–water partition coefficient (Wildman–Crippen LogP) is 5.57. The van der Waals surface area contributed by atoms with Crippen molar-refractivity contribution in [2.24, 2.45) is 5.92 Å². The molecule has 19 heavy (non-hydrogen) atoms. The third-order valence-corrected chi connectivity index (χ3v) is 4.64. The van der Waals surface area contributed by atoms with Crippen molar-refractivity contribution in [1.82, 2.24) is 0 Å². The van der Waals surface area contributed by atoms with Crippen LogP contribution in [-0.2, 0) is 6.42 Å². The Hall–Kier alpha value is -1.04. The van der Waals surface area contributed by atoms with E-state index in [2.05, 4.69) is 32.0 Å². The van der Waals surface area contributed by atoms with Crippen molar-refractivity contribution < 1.29 is 0 Å². The summed E-state index contributed by atoms with van der Waals surface area (Å²) in [6.07, 6.45) is 11.0. The lowest BCUT2D eigenvalue weighted by molar-refractivity contribution is 0.308. The molecule has 1 saturated carbocycles. The van der Waals surface area contributed by atoms with Crippen LogP contribution in [0.3, 0.4) is 0 Å². The standard InChI is InChI=1S/C19H26/c1-4-7-15-8-10-18(11-9-15)19-13-12-16(5-2)17(6-3)14-19/h3,6,12,14-15,18H,4-5,7-11H2,1-2H3. The number of hydrogen-bond acceptors (Lipinski definition) is 0. The number of aryl methyl sites for hydroxylation is 1. The largest absolute Gasteiger partial charge is 0.0654 e. The summed E-state index contributed by atoms with van der Waals surface area (Å²) in [6.45, 7) is 10.2. The third-order valence-electron chi connectivity index (χ3n) is 4.64. The molecule has 0 heteroatoms. The van der Waals surface area contributed by atoms with Crippen molar-refractivity contribution in [3.63, 3.8) is 0 Å². The van der Waals surface area contributed by atoms with E-state index in [1.807, 2.05) is 0 Å². The quantitative estimate of drug-likeness (QED) is 0.644. The first kappa shape index (κ1) is 14.4. The second-order valence-electron chi connectivity index (χ2n) is 5.90. The van der Waals surface area contributed by atoms with Crippen molar-refractivity contribution >= 4 is 6.08 Å². The Labute approximate surface area is 118 Å². The molecule has 0 amide bonds. The molecule has 2 radical (unpaired) electrons. The van der Waals surface area contributed by atoms with Crippen LogP contribution in [-0.4, -0.2) is 0 Å². The Balaban J connectivity index is 2.05. The number of benzene rings is 1. The number of rotatable bonds is 5. The minimum atomic E-state index is 0.706. The molecule has 1 aromatic rings. The first-order valence-corrected chi connectivity index (χ1v) is 7.87. The summed E-state index contributed by atoms with van der Waals surface area (Å²) in [5, 5.41) is 0. The number of hydrogen-bond donors (Lipinski definition) is 0. The lowest BCUT2D eigenvalue weighted by atomic mass is 9.77. The lowest BCUT2D eigenvalue weighted by Gasteiger charge is -2.28. The monoisotopic (exact) mass is 254 g/mol. The second-order valence-corrected chi connectivity index (χ2v) is 5.90. The summed E-state index contributed by atoms with van der Waals surface area (Å²) in [6, 6.07) is 7.92. The van der Waals surface area contributed by atoms with Gasteiger partial charge in [-0.05, 0) is 66.7 Å². The molecule has 0 aromatic heterocycles. The first-order chi connectivity index (χ1) is 9.28. The minimum Gasteiger partial charge on any atom is -0.0654 e. The second kappa shape index (κ2) is 6.93. The molecule has 102 valence electrons. The van der Waals surface area contributed by atoms with Crippen LogP contribution in [0, 0.1) is 18.6 Å². The van der Waals surface area contributed by atoms with Crippen molar-refractivity contribution in [3.8, 4) is 0 Å². The molecule has 2 rings (SSSR count). The van der Waals surface area contributed by atoms with Gasteiger partial charge in [-0.1, -0.05) is 51.5 Å². The molecule has 0 unspecified atom stereocenters.